The number of nitrogens with zero attached hydrogens (tertiary/aromatic N) is 1. The molecule has 0 unspecified atom stereocenters. The Morgan fingerprint density at radius 1 is 1.33 bits per heavy atom. The number of hydrogen-bond donors (Lipinski definition) is 2. The Balaban J connectivity index is 1.77. The summed E-state index contributed by atoms with van der Waals surface area (Å²) in [5.41, 5.74) is 0. The van der Waals surface area contributed by atoms with Gasteiger partial charge in [0.15, 0.2) is 0 Å². The van der Waals surface area contributed by atoms with Crippen LogP contribution in [0.25, 0.3) is 0 Å². The second-order valence-electron chi connectivity index (χ2n) is 5.41. The monoisotopic (exact) mass is 332 g/mol. The molecule has 0 aliphatic carbocycles. The van der Waals surface area contributed by atoms with Gasteiger partial charge in [0.1, 0.15) is 11.9 Å². The Kier molecular flexibility index (Phi) is 6.58. The lowest BCUT2D eigenvalue weighted by atomic mass is 10.1. The molecule has 1 saturated heterocycles. The molecule has 1 heterocycles. The first-order valence-electron chi connectivity index (χ1n) is 7.25. The second kappa shape index (κ2) is 8.20. The molecule has 6 heteroatoms. The van der Waals surface area contributed by atoms with E-state index in [0.717, 1.165) is 31.7 Å². The molecule has 21 heavy (non-hydrogen) atoms. The second-order valence-corrected chi connectivity index (χ2v) is 6.22. The van der Waals surface area contributed by atoms with Gasteiger partial charge in [0, 0.05) is 32.2 Å². The van der Waals surface area contributed by atoms with Crippen molar-refractivity contribution in [2.24, 2.45) is 0 Å². The van der Waals surface area contributed by atoms with Crippen molar-refractivity contribution in [2.45, 2.75) is 25.0 Å². The standard InChI is InChI=1S/C15H22Cl2N2O2/c1-18-9-11(20)10-19-6-4-12(5-7-19)21-13-2-3-14(16)15(17)8-13/h2-3,8,11-12,18,20H,4-7,9-10H2,1H3/t11-/m1/s1. The van der Waals surface area contributed by atoms with Gasteiger partial charge >= 0.3 is 0 Å². The van der Waals surface area contributed by atoms with E-state index < -0.39 is 0 Å². The quantitative estimate of drug-likeness (QED) is 0.839. The first-order valence-corrected chi connectivity index (χ1v) is 8.01. The fourth-order valence-electron chi connectivity index (χ4n) is 2.55. The van der Waals surface area contributed by atoms with Crippen LogP contribution in [-0.4, -0.2) is 55.4 Å². The molecule has 0 spiro atoms. The summed E-state index contributed by atoms with van der Waals surface area (Å²) in [5.74, 6) is 0.762. The summed E-state index contributed by atoms with van der Waals surface area (Å²) in [6, 6.07) is 5.35. The summed E-state index contributed by atoms with van der Waals surface area (Å²) >= 11 is 11.9. The summed E-state index contributed by atoms with van der Waals surface area (Å²) in [6.07, 6.45) is 1.78. The average molecular weight is 333 g/mol. The number of piperidine rings is 1. The minimum Gasteiger partial charge on any atom is -0.490 e. The third-order valence-electron chi connectivity index (χ3n) is 3.64. The molecule has 1 fully saturated rings. The van der Waals surface area contributed by atoms with Gasteiger partial charge in [-0.1, -0.05) is 23.2 Å². The number of benzene rings is 1. The molecule has 2 N–H and O–H groups in total. The van der Waals surface area contributed by atoms with E-state index in [1.165, 1.54) is 0 Å². The Bertz CT molecular complexity index is 451. The highest BCUT2D eigenvalue weighted by atomic mass is 35.5. The molecule has 0 saturated carbocycles. The molecule has 4 nitrogen and oxygen atoms in total. The number of likely N-dealkylation sites (N-methyl/N-ethyl adjacent to an activating group) is 1. The van der Waals surface area contributed by atoms with Crippen molar-refractivity contribution in [3.8, 4) is 5.75 Å². The highest BCUT2D eigenvalue weighted by Crippen LogP contribution is 2.28. The molecule has 1 aliphatic rings. The molecule has 0 radical (unpaired) electrons. The van der Waals surface area contributed by atoms with E-state index in [9.17, 15) is 5.11 Å². The van der Waals surface area contributed by atoms with Crippen molar-refractivity contribution in [3.63, 3.8) is 0 Å². The molecule has 1 aromatic rings. The molecule has 1 atom stereocenters. The normalized spacial score (nSPS) is 18.7. The number of aliphatic hydroxyl groups is 1. The van der Waals surface area contributed by atoms with E-state index >= 15 is 0 Å². The topological polar surface area (TPSA) is 44.7 Å². The van der Waals surface area contributed by atoms with Gasteiger partial charge in [-0.3, -0.25) is 0 Å². The minimum atomic E-state index is -0.317. The van der Waals surface area contributed by atoms with Crippen molar-refractivity contribution in [2.75, 3.05) is 33.2 Å². The number of nitrogens with one attached hydrogen (secondary N) is 1. The van der Waals surface area contributed by atoms with Gasteiger partial charge in [-0.05, 0) is 32.0 Å². The summed E-state index contributed by atoms with van der Waals surface area (Å²) in [5, 5.41) is 13.8. The maximum Gasteiger partial charge on any atom is 0.121 e. The van der Waals surface area contributed by atoms with Gasteiger partial charge < -0.3 is 20.1 Å². The third-order valence-corrected chi connectivity index (χ3v) is 4.38. The largest absolute Gasteiger partial charge is 0.490 e. The molecule has 0 bridgehead atoms. The zero-order chi connectivity index (χ0) is 15.2. The van der Waals surface area contributed by atoms with Crippen molar-refractivity contribution in [1.82, 2.24) is 10.2 Å². The van der Waals surface area contributed by atoms with Crippen LogP contribution in [0, 0.1) is 0 Å². The summed E-state index contributed by atoms with van der Waals surface area (Å²) in [6.45, 7) is 3.21. The number of halogens is 2. The van der Waals surface area contributed by atoms with Crippen LogP contribution in [0.2, 0.25) is 10.0 Å². The SMILES string of the molecule is CNC[C@@H](O)CN1CCC(Oc2ccc(Cl)c(Cl)c2)CC1. The van der Waals surface area contributed by atoms with Crippen LogP contribution in [0.15, 0.2) is 18.2 Å². The van der Waals surface area contributed by atoms with Crippen LogP contribution in [0.1, 0.15) is 12.8 Å². The van der Waals surface area contributed by atoms with Crippen LogP contribution in [0.4, 0.5) is 0 Å². The maximum atomic E-state index is 9.80. The number of ether oxygens (including phenoxy) is 1. The predicted octanol–water partition coefficient (Wildman–Crippen LogP) is 2.42. The lowest BCUT2D eigenvalue weighted by Crippen LogP contribution is -2.43. The first kappa shape index (κ1) is 16.8. The van der Waals surface area contributed by atoms with Crippen molar-refractivity contribution in [1.29, 1.82) is 0 Å². The molecular formula is C15H22Cl2N2O2. The maximum absolute atomic E-state index is 9.80. The molecular weight excluding hydrogens is 311 g/mol. The zero-order valence-electron chi connectivity index (χ0n) is 12.2. The lowest BCUT2D eigenvalue weighted by Gasteiger charge is -2.33. The van der Waals surface area contributed by atoms with Gasteiger partial charge in [0.25, 0.3) is 0 Å². The van der Waals surface area contributed by atoms with Gasteiger partial charge in [-0.25, -0.2) is 0 Å². The number of aliphatic hydroxyl groups excluding tert-OH is 1. The van der Waals surface area contributed by atoms with E-state index in [-0.39, 0.29) is 12.2 Å². The summed E-state index contributed by atoms with van der Waals surface area (Å²) in [7, 11) is 1.85. The predicted molar refractivity (Wildman–Crippen MR) is 86.5 cm³/mol. The molecule has 0 aromatic heterocycles. The van der Waals surface area contributed by atoms with Crippen molar-refractivity contribution < 1.29 is 9.84 Å². The summed E-state index contributed by atoms with van der Waals surface area (Å²) in [4.78, 5) is 2.27. The van der Waals surface area contributed by atoms with Crippen LogP contribution in [-0.2, 0) is 0 Å². The van der Waals surface area contributed by atoms with Gasteiger partial charge in [-0.15, -0.1) is 0 Å². The Labute approximate surface area is 136 Å². The Morgan fingerprint density at radius 2 is 2.05 bits per heavy atom. The van der Waals surface area contributed by atoms with E-state index in [1.807, 2.05) is 13.1 Å². The lowest BCUT2D eigenvalue weighted by molar-refractivity contribution is 0.0619. The first-order chi connectivity index (χ1) is 10.1. The fraction of sp³-hybridized carbons (Fsp3) is 0.600. The number of likely N-dealkylation sites (tertiary alicyclic amines) is 1. The van der Waals surface area contributed by atoms with Crippen LogP contribution < -0.4 is 10.1 Å². The highest BCUT2D eigenvalue weighted by molar-refractivity contribution is 6.42. The smallest absolute Gasteiger partial charge is 0.121 e. The Morgan fingerprint density at radius 3 is 2.67 bits per heavy atom. The zero-order valence-corrected chi connectivity index (χ0v) is 13.7. The van der Waals surface area contributed by atoms with E-state index in [4.69, 9.17) is 27.9 Å². The van der Waals surface area contributed by atoms with Crippen molar-refractivity contribution >= 4 is 23.2 Å². The molecule has 1 aliphatic heterocycles. The van der Waals surface area contributed by atoms with Crippen molar-refractivity contribution in [3.05, 3.63) is 28.2 Å². The van der Waals surface area contributed by atoms with E-state index in [1.54, 1.807) is 12.1 Å². The molecule has 2 rings (SSSR count). The Hall–Kier alpha value is -0.520. The van der Waals surface area contributed by atoms with Crippen LogP contribution in [0.3, 0.4) is 0 Å². The van der Waals surface area contributed by atoms with Gasteiger partial charge in [-0.2, -0.15) is 0 Å². The number of β-amino-alcohol motifs (C(OH)–C–C–N with tert-alkyl or cyclic N) is 1. The number of rotatable bonds is 6. The fourth-order valence-corrected chi connectivity index (χ4v) is 2.84. The number of hydrogen-bond acceptors (Lipinski definition) is 4. The molecule has 1 aromatic carbocycles. The molecule has 118 valence electrons. The average Bonchev–Trinajstić information content (AvgIpc) is 2.45. The summed E-state index contributed by atoms with van der Waals surface area (Å²) < 4.78 is 5.95. The highest BCUT2D eigenvalue weighted by Gasteiger charge is 2.22. The third kappa shape index (κ3) is 5.31. The van der Waals surface area contributed by atoms with Crippen LogP contribution in [0.5, 0.6) is 5.75 Å². The van der Waals surface area contributed by atoms with Gasteiger partial charge in [0.2, 0.25) is 0 Å². The van der Waals surface area contributed by atoms with E-state index in [0.29, 0.717) is 23.1 Å². The van der Waals surface area contributed by atoms with Gasteiger partial charge in [0.05, 0.1) is 16.1 Å². The van der Waals surface area contributed by atoms with E-state index in [2.05, 4.69) is 10.2 Å². The minimum absolute atomic E-state index is 0.194. The molecule has 0 amide bonds. The van der Waals surface area contributed by atoms with Crippen LogP contribution >= 0.6 is 23.2 Å².